The Morgan fingerprint density at radius 1 is 1.31 bits per heavy atom. The topological polar surface area (TPSA) is 64.6 Å². The van der Waals surface area contributed by atoms with Crippen LogP contribution in [0.15, 0.2) is 24.8 Å². The second-order valence-electron chi connectivity index (χ2n) is 7.47. The minimum Gasteiger partial charge on any atom is -0.493 e. The summed E-state index contributed by atoms with van der Waals surface area (Å²) in [7, 11) is 0. The molecule has 0 aliphatic heterocycles. The van der Waals surface area contributed by atoms with Crippen molar-refractivity contribution in [3.05, 3.63) is 41.5 Å². The number of hydrogen-bond acceptors (Lipinski definition) is 4. The van der Waals surface area contributed by atoms with Gasteiger partial charge in [0.15, 0.2) is 5.78 Å². The van der Waals surface area contributed by atoms with Gasteiger partial charge in [0.25, 0.3) is 0 Å². The lowest BCUT2D eigenvalue weighted by Crippen LogP contribution is -2.33. The number of nitrogens with one attached hydrogen (secondary N) is 1. The van der Waals surface area contributed by atoms with E-state index in [4.69, 9.17) is 9.47 Å². The number of carbonyl (C=O) groups excluding carboxylic acids is 2. The summed E-state index contributed by atoms with van der Waals surface area (Å²) in [5.41, 5.74) is 2.49. The number of rotatable bonds is 7. The molecule has 5 nitrogen and oxygen atoms in total. The number of allylic oxidation sites excluding steroid dienone is 1. The summed E-state index contributed by atoms with van der Waals surface area (Å²) in [6, 6.07) is 3.75. The summed E-state index contributed by atoms with van der Waals surface area (Å²) in [5, 5.41) is 2.72. The highest BCUT2D eigenvalue weighted by Crippen LogP contribution is 2.32. The molecule has 0 atom stereocenters. The summed E-state index contributed by atoms with van der Waals surface area (Å²) in [6.07, 6.45) is 5.19. The highest BCUT2D eigenvalue weighted by atomic mass is 16.6. The van der Waals surface area contributed by atoms with Crippen LogP contribution in [-0.4, -0.2) is 30.6 Å². The highest BCUT2D eigenvalue weighted by Gasteiger charge is 2.22. The van der Waals surface area contributed by atoms with Crippen molar-refractivity contribution in [3.8, 4) is 5.75 Å². The Kier molecular flexibility index (Phi) is 6.83. The van der Waals surface area contributed by atoms with Gasteiger partial charge in [-0.1, -0.05) is 6.08 Å². The molecule has 0 saturated heterocycles. The van der Waals surface area contributed by atoms with Gasteiger partial charge in [0.1, 0.15) is 11.4 Å². The molecule has 1 N–H and O–H groups in total. The molecular formula is C21H29NO4. The molecule has 142 valence electrons. The minimum absolute atomic E-state index is 0.213. The first-order chi connectivity index (χ1) is 12.3. The summed E-state index contributed by atoms with van der Waals surface area (Å²) >= 11 is 0. The van der Waals surface area contributed by atoms with Gasteiger partial charge in [-0.2, -0.15) is 0 Å². The van der Waals surface area contributed by atoms with Gasteiger partial charge in [-0.15, -0.1) is 6.58 Å². The van der Waals surface area contributed by atoms with E-state index in [1.165, 1.54) is 0 Å². The second-order valence-corrected chi connectivity index (χ2v) is 7.47. The maximum atomic E-state index is 12.1. The Bertz CT molecular complexity index is 673. The van der Waals surface area contributed by atoms with Crippen molar-refractivity contribution in [1.29, 1.82) is 0 Å². The quantitative estimate of drug-likeness (QED) is 0.584. The Labute approximate surface area is 155 Å². The third-order valence-corrected chi connectivity index (χ3v) is 4.11. The standard InChI is InChI=1S/C21H29NO4/c1-5-8-17-15-9-6-10-18(23)16(15)11-12-19(17)25-14-7-13-22-20(24)26-21(2,3)4/h5,11-12H,1,6-10,13-14H2,2-4H3,(H,22,24). The molecule has 0 saturated carbocycles. The Balaban J connectivity index is 1.90. The molecule has 0 unspecified atom stereocenters. The van der Waals surface area contributed by atoms with Gasteiger partial charge >= 0.3 is 6.09 Å². The normalized spacial score (nSPS) is 13.7. The third-order valence-electron chi connectivity index (χ3n) is 4.11. The summed E-state index contributed by atoms with van der Waals surface area (Å²) in [5.74, 6) is 1.01. The Morgan fingerprint density at radius 3 is 2.77 bits per heavy atom. The zero-order chi connectivity index (χ0) is 19.2. The fourth-order valence-corrected chi connectivity index (χ4v) is 3.04. The van der Waals surface area contributed by atoms with Crippen LogP contribution < -0.4 is 10.1 Å². The van der Waals surface area contributed by atoms with Crippen LogP contribution in [0.25, 0.3) is 0 Å². The van der Waals surface area contributed by atoms with Crippen LogP contribution in [0.4, 0.5) is 4.79 Å². The monoisotopic (exact) mass is 359 g/mol. The lowest BCUT2D eigenvalue weighted by atomic mass is 9.86. The van der Waals surface area contributed by atoms with Crippen molar-refractivity contribution >= 4 is 11.9 Å². The molecule has 0 aromatic heterocycles. The summed E-state index contributed by atoms with van der Waals surface area (Å²) < 4.78 is 11.1. The van der Waals surface area contributed by atoms with E-state index in [-0.39, 0.29) is 5.78 Å². The van der Waals surface area contributed by atoms with Crippen LogP contribution in [0, 0.1) is 0 Å². The van der Waals surface area contributed by atoms with Crippen molar-refractivity contribution in [2.75, 3.05) is 13.2 Å². The van der Waals surface area contributed by atoms with Crippen molar-refractivity contribution in [3.63, 3.8) is 0 Å². The molecule has 1 amide bonds. The molecule has 0 fully saturated rings. The first-order valence-electron chi connectivity index (χ1n) is 9.20. The lowest BCUT2D eigenvalue weighted by Gasteiger charge is -2.21. The number of alkyl carbamates (subject to hydrolysis) is 1. The summed E-state index contributed by atoms with van der Waals surface area (Å²) in [4.78, 5) is 23.7. The van der Waals surface area contributed by atoms with Crippen LogP contribution >= 0.6 is 0 Å². The van der Waals surface area contributed by atoms with E-state index in [9.17, 15) is 9.59 Å². The number of Topliss-reactive ketones (excluding diaryl/α,β-unsaturated/α-hetero) is 1. The van der Waals surface area contributed by atoms with E-state index >= 15 is 0 Å². The maximum Gasteiger partial charge on any atom is 0.407 e. The fraction of sp³-hybridized carbons (Fsp3) is 0.524. The molecule has 5 heteroatoms. The lowest BCUT2D eigenvalue weighted by molar-refractivity contribution is 0.0525. The molecule has 0 radical (unpaired) electrons. The number of ketones is 1. The zero-order valence-electron chi connectivity index (χ0n) is 16.0. The van der Waals surface area contributed by atoms with Crippen molar-refractivity contribution in [1.82, 2.24) is 5.32 Å². The third kappa shape index (κ3) is 5.61. The first kappa shape index (κ1) is 20.0. The zero-order valence-corrected chi connectivity index (χ0v) is 16.0. The second kappa shape index (κ2) is 8.88. The Morgan fingerprint density at radius 2 is 2.08 bits per heavy atom. The van der Waals surface area contributed by atoms with Crippen molar-refractivity contribution in [2.24, 2.45) is 0 Å². The number of hydrogen-bond donors (Lipinski definition) is 1. The van der Waals surface area contributed by atoms with Gasteiger partial charge in [-0.25, -0.2) is 4.79 Å². The molecule has 1 aliphatic rings. The highest BCUT2D eigenvalue weighted by molar-refractivity contribution is 5.99. The predicted molar refractivity (Wildman–Crippen MR) is 102 cm³/mol. The van der Waals surface area contributed by atoms with Gasteiger partial charge in [0, 0.05) is 24.1 Å². The predicted octanol–water partition coefficient (Wildman–Crippen LogP) is 4.23. The van der Waals surface area contributed by atoms with Crippen molar-refractivity contribution < 1.29 is 19.1 Å². The average molecular weight is 359 g/mol. The molecule has 0 spiro atoms. The van der Waals surface area contributed by atoms with Gasteiger partial charge in [-0.3, -0.25) is 4.79 Å². The SMILES string of the molecule is C=CCc1c(OCCCNC(=O)OC(C)(C)C)ccc2c1CCCC2=O. The molecular weight excluding hydrogens is 330 g/mol. The fourth-order valence-electron chi connectivity index (χ4n) is 3.04. The number of ether oxygens (including phenoxy) is 2. The molecule has 0 bridgehead atoms. The summed E-state index contributed by atoms with van der Waals surface area (Å²) in [6.45, 7) is 10.3. The molecule has 26 heavy (non-hydrogen) atoms. The molecule has 0 heterocycles. The van der Waals surface area contributed by atoms with E-state index < -0.39 is 11.7 Å². The van der Waals surface area contributed by atoms with Crippen LogP contribution in [0.5, 0.6) is 5.75 Å². The maximum absolute atomic E-state index is 12.1. The van der Waals surface area contributed by atoms with Crippen LogP contribution in [0.3, 0.4) is 0 Å². The van der Waals surface area contributed by atoms with Crippen LogP contribution in [0.2, 0.25) is 0 Å². The smallest absolute Gasteiger partial charge is 0.407 e. The van der Waals surface area contributed by atoms with Crippen LogP contribution in [0.1, 0.15) is 61.5 Å². The van der Waals surface area contributed by atoms with Gasteiger partial charge in [0.2, 0.25) is 0 Å². The van der Waals surface area contributed by atoms with E-state index in [1.54, 1.807) is 0 Å². The number of fused-ring (bicyclic) bond motifs is 1. The van der Waals surface area contributed by atoms with Crippen molar-refractivity contribution in [2.45, 2.75) is 58.5 Å². The Hall–Kier alpha value is -2.30. The number of amides is 1. The van der Waals surface area contributed by atoms with Crippen LogP contribution in [-0.2, 0) is 17.6 Å². The average Bonchev–Trinajstić information content (AvgIpc) is 2.55. The largest absolute Gasteiger partial charge is 0.493 e. The van der Waals surface area contributed by atoms with E-state index in [1.807, 2.05) is 39.0 Å². The van der Waals surface area contributed by atoms with Gasteiger partial charge in [0.05, 0.1) is 6.61 Å². The molecule has 1 aromatic carbocycles. The first-order valence-corrected chi connectivity index (χ1v) is 9.20. The molecule has 1 aliphatic carbocycles. The molecule has 2 rings (SSSR count). The van der Waals surface area contributed by atoms with Gasteiger partial charge < -0.3 is 14.8 Å². The van der Waals surface area contributed by atoms with E-state index in [2.05, 4.69) is 11.9 Å². The number of benzene rings is 1. The minimum atomic E-state index is -0.499. The number of carbonyl (C=O) groups is 2. The van der Waals surface area contributed by atoms with Gasteiger partial charge in [-0.05, 0) is 64.2 Å². The molecule has 1 aromatic rings. The van der Waals surface area contributed by atoms with E-state index in [0.29, 0.717) is 32.4 Å². The van der Waals surface area contributed by atoms with E-state index in [0.717, 1.165) is 35.3 Å².